The van der Waals surface area contributed by atoms with Gasteiger partial charge in [-0.15, -0.1) is 0 Å². The maximum Gasteiger partial charge on any atom is 0.241 e. The number of rotatable bonds is 4. The Morgan fingerprint density at radius 3 is 2.25 bits per heavy atom. The summed E-state index contributed by atoms with van der Waals surface area (Å²) >= 11 is 0. The van der Waals surface area contributed by atoms with Crippen LogP contribution >= 0.6 is 0 Å². The minimum absolute atomic E-state index is 0.00690. The van der Waals surface area contributed by atoms with E-state index in [1.54, 1.807) is 11.9 Å². The fourth-order valence-corrected chi connectivity index (χ4v) is 0.977. The molecule has 5 nitrogen and oxygen atoms in total. The number of carbonyl (C=O) groups excluding carboxylic acids is 2. The average molecular weight is 229 g/mol. The van der Waals surface area contributed by atoms with Crippen LogP contribution in [0.25, 0.3) is 0 Å². The Kier molecular flexibility index (Phi) is 5.44. The summed E-state index contributed by atoms with van der Waals surface area (Å²) in [6.45, 7) is 8.17. The van der Waals surface area contributed by atoms with E-state index < -0.39 is 6.04 Å². The van der Waals surface area contributed by atoms with E-state index in [2.05, 4.69) is 5.32 Å². The van der Waals surface area contributed by atoms with Crippen molar-refractivity contribution in [3.05, 3.63) is 0 Å². The SMILES string of the molecule is CCN(C)C(=O)CNC(=O)[C@@H](N)C(C)(C)C. The quantitative estimate of drug-likeness (QED) is 0.710. The van der Waals surface area contributed by atoms with E-state index in [9.17, 15) is 9.59 Å². The highest BCUT2D eigenvalue weighted by Crippen LogP contribution is 2.16. The Labute approximate surface area is 97.4 Å². The van der Waals surface area contributed by atoms with Gasteiger partial charge < -0.3 is 16.0 Å². The highest BCUT2D eigenvalue weighted by Gasteiger charge is 2.27. The first kappa shape index (κ1) is 14.9. The van der Waals surface area contributed by atoms with Crippen molar-refractivity contribution in [2.45, 2.75) is 33.7 Å². The van der Waals surface area contributed by atoms with Gasteiger partial charge in [0.2, 0.25) is 11.8 Å². The van der Waals surface area contributed by atoms with Crippen LogP contribution < -0.4 is 11.1 Å². The molecule has 0 bridgehead atoms. The second-order valence-electron chi connectivity index (χ2n) is 4.97. The molecular formula is C11H23N3O2. The topological polar surface area (TPSA) is 75.4 Å². The highest BCUT2D eigenvalue weighted by atomic mass is 16.2. The molecule has 0 radical (unpaired) electrons. The molecule has 0 rings (SSSR count). The lowest BCUT2D eigenvalue weighted by Gasteiger charge is -2.26. The first-order valence-electron chi connectivity index (χ1n) is 5.47. The number of likely N-dealkylation sites (N-methyl/N-ethyl adjacent to an activating group) is 1. The summed E-state index contributed by atoms with van der Waals surface area (Å²) in [6.07, 6.45) is 0. The first-order valence-corrected chi connectivity index (χ1v) is 5.47. The summed E-state index contributed by atoms with van der Waals surface area (Å²) in [5.41, 5.74) is 5.45. The molecule has 0 fully saturated rings. The summed E-state index contributed by atoms with van der Waals surface area (Å²) in [5, 5.41) is 2.55. The zero-order valence-corrected chi connectivity index (χ0v) is 10.8. The monoisotopic (exact) mass is 229 g/mol. The largest absolute Gasteiger partial charge is 0.346 e. The zero-order valence-electron chi connectivity index (χ0n) is 10.8. The second-order valence-corrected chi connectivity index (χ2v) is 4.97. The molecule has 5 heteroatoms. The van der Waals surface area contributed by atoms with Gasteiger partial charge >= 0.3 is 0 Å². The van der Waals surface area contributed by atoms with Crippen LogP contribution in [-0.2, 0) is 9.59 Å². The van der Waals surface area contributed by atoms with E-state index in [0.717, 1.165) is 0 Å². The van der Waals surface area contributed by atoms with Crippen molar-refractivity contribution in [3.8, 4) is 0 Å². The number of nitrogens with one attached hydrogen (secondary N) is 1. The first-order chi connectivity index (χ1) is 7.20. The van der Waals surface area contributed by atoms with Gasteiger partial charge in [0.1, 0.15) is 0 Å². The highest BCUT2D eigenvalue weighted by molar-refractivity contribution is 5.87. The van der Waals surface area contributed by atoms with Crippen LogP contribution in [0.15, 0.2) is 0 Å². The summed E-state index contributed by atoms with van der Waals surface area (Å²) in [4.78, 5) is 24.6. The number of amides is 2. The fraction of sp³-hybridized carbons (Fsp3) is 0.818. The normalized spacial score (nSPS) is 13.1. The van der Waals surface area contributed by atoms with Gasteiger partial charge in [0.25, 0.3) is 0 Å². The van der Waals surface area contributed by atoms with Gasteiger partial charge in [0, 0.05) is 13.6 Å². The Bertz CT molecular complexity index is 258. The molecule has 0 saturated heterocycles. The van der Waals surface area contributed by atoms with Crippen molar-refractivity contribution in [3.63, 3.8) is 0 Å². The summed E-state index contributed by atoms with van der Waals surface area (Å²) < 4.78 is 0. The Morgan fingerprint density at radius 2 is 1.88 bits per heavy atom. The van der Waals surface area contributed by atoms with Crippen LogP contribution in [0, 0.1) is 5.41 Å². The Hall–Kier alpha value is -1.10. The molecular weight excluding hydrogens is 206 g/mol. The number of hydrogen-bond acceptors (Lipinski definition) is 3. The molecule has 16 heavy (non-hydrogen) atoms. The maximum absolute atomic E-state index is 11.6. The standard InChI is InChI=1S/C11H23N3O2/c1-6-14(5)8(15)7-13-10(16)9(12)11(2,3)4/h9H,6-7,12H2,1-5H3,(H,13,16)/t9-/m1/s1. The molecule has 2 amide bonds. The van der Waals surface area contributed by atoms with Gasteiger partial charge in [0.05, 0.1) is 12.6 Å². The van der Waals surface area contributed by atoms with Gasteiger partial charge in [-0.25, -0.2) is 0 Å². The third kappa shape index (κ3) is 4.61. The van der Waals surface area contributed by atoms with Gasteiger partial charge in [-0.2, -0.15) is 0 Å². The third-order valence-electron chi connectivity index (χ3n) is 2.53. The van der Waals surface area contributed by atoms with Crippen molar-refractivity contribution in [2.24, 2.45) is 11.1 Å². The maximum atomic E-state index is 11.6. The van der Waals surface area contributed by atoms with Crippen LogP contribution in [-0.4, -0.2) is 42.9 Å². The van der Waals surface area contributed by atoms with E-state index >= 15 is 0 Å². The number of nitrogens with zero attached hydrogens (tertiary/aromatic N) is 1. The Balaban J connectivity index is 4.14. The molecule has 3 N–H and O–H groups in total. The minimum atomic E-state index is -0.604. The third-order valence-corrected chi connectivity index (χ3v) is 2.53. The van der Waals surface area contributed by atoms with E-state index in [1.807, 2.05) is 27.7 Å². The zero-order chi connectivity index (χ0) is 12.9. The van der Waals surface area contributed by atoms with E-state index in [0.29, 0.717) is 6.54 Å². The predicted octanol–water partition coefficient (Wildman–Crippen LogP) is -0.0457. The number of nitrogens with two attached hydrogens (primary N) is 1. The molecule has 0 aromatic rings. The summed E-state index contributed by atoms with van der Waals surface area (Å²) in [5.74, 6) is -0.401. The van der Waals surface area contributed by atoms with Gasteiger partial charge in [0.15, 0.2) is 0 Å². The number of hydrogen-bond donors (Lipinski definition) is 2. The fourth-order valence-electron chi connectivity index (χ4n) is 0.977. The Morgan fingerprint density at radius 1 is 1.38 bits per heavy atom. The van der Waals surface area contributed by atoms with E-state index in [-0.39, 0.29) is 23.8 Å². The lowest BCUT2D eigenvalue weighted by molar-refractivity contribution is -0.132. The minimum Gasteiger partial charge on any atom is -0.346 e. The molecule has 0 unspecified atom stereocenters. The van der Waals surface area contributed by atoms with Crippen molar-refractivity contribution >= 4 is 11.8 Å². The van der Waals surface area contributed by atoms with Gasteiger partial charge in [-0.3, -0.25) is 9.59 Å². The summed E-state index contributed by atoms with van der Waals surface area (Å²) in [7, 11) is 1.69. The van der Waals surface area contributed by atoms with E-state index in [1.165, 1.54) is 0 Å². The van der Waals surface area contributed by atoms with Crippen molar-refractivity contribution < 1.29 is 9.59 Å². The lowest BCUT2D eigenvalue weighted by Crippen LogP contribution is -2.50. The lowest BCUT2D eigenvalue weighted by atomic mass is 9.87. The van der Waals surface area contributed by atoms with Crippen molar-refractivity contribution in [2.75, 3.05) is 20.1 Å². The molecule has 0 saturated carbocycles. The molecule has 0 aliphatic rings. The molecule has 94 valence electrons. The molecule has 0 spiro atoms. The van der Waals surface area contributed by atoms with Crippen molar-refractivity contribution in [1.29, 1.82) is 0 Å². The molecule has 1 atom stereocenters. The van der Waals surface area contributed by atoms with Crippen LogP contribution in [0.3, 0.4) is 0 Å². The molecule has 0 heterocycles. The van der Waals surface area contributed by atoms with Crippen LogP contribution in [0.2, 0.25) is 0 Å². The molecule has 0 aliphatic carbocycles. The van der Waals surface area contributed by atoms with Crippen LogP contribution in [0.4, 0.5) is 0 Å². The predicted molar refractivity (Wildman–Crippen MR) is 63.8 cm³/mol. The second kappa shape index (κ2) is 5.84. The number of carbonyl (C=O) groups is 2. The average Bonchev–Trinajstić information content (AvgIpc) is 2.21. The van der Waals surface area contributed by atoms with Gasteiger partial charge in [-0.05, 0) is 12.3 Å². The smallest absolute Gasteiger partial charge is 0.241 e. The van der Waals surface area contributed by atoms with E-state index in [4.69, 9.17) is 5.73 Å². The molecule has 0 aliphatic heterocycles. The van der Waals surface area contributed by atoms with Gasteiger partial charge in [-0.1, -0.05) is 20.8 Å². The summed E-state index contributed by atoms with van der Waals surface area (Å²) in [6, 6.07) is -0.604. The van der Waals surface area contributed by atoms with Crippen LogP contribution in [0.5, 0.6) is 0 Å². The van der Waals surface area contributed by atoms with Crippen molar-refractivity contribution in [1.82, 2.24) is 10.2 Å². The molecule has 0 aromatic heterocycles. The van der Waals surface area contributed by atoms with Crippen LogP contribution in [0.1, 0.15) is 27.7 Å². The molecule has 0 aromatic carbocycles.